The summed E-state index contributed by atoms with van der Waals surface area (Å²) in [5.41, 5.74) is 1.93. The zero-order valence-electron chi connectivity index (χ0n) is 9.73. The number of piperazine rings is 1. The van der Waals surface area contributed by atoms with Crippen molar-refractivity contribution in [1.29, 1.82) is 0 Å². The lowest BCUT2D eigenvalue weighted by atomic mass is 10.1. The largest absolute Gasteiger partial charge is 0.336 e. The number of carbonyl (C=O) groups excluding carboxylic acids is 1. The lowest BCUT2D eigenvalue weighted by Crippen LogP contribution is -2.47. The molecule has 0 spiro atoms. The van der Waals surface area contributed by atoms with Gasteiger partial charge in [-0.2, -0.15) is 5.06 Å². The van der Waals surface area contributed by atoms with Crippen molar-refractivity contribution in [2.45, 2.75) is 6.92 Å². The maximum absolute atomic E-state index is 12.2. The number of carbonyl (C=O) groups is 1. The van der Waals surface area contributed by atoms with E-state index in [4.69, 9.17) is 3.17 Å². The highest BCUT2D eigenvalue weighted by Gasteiger charge is 2.22. The Morgan fingerprint density at radius 2 is 1.76 bits per heavy atom. The topological polar surface area (TPSA) is 32.8 Å². The van der Waals surface area contributed by atoms with E-state index in [1.807, 2.05) is 64.2 Å². The molecule has 0 radical (unpaired) electrons. The first-order chi connectivity index (χ1) is 8.20. The second-order valence-corrected chi connectivity index (χ2v) is 4.55. The molecule has 17 heavy (non-hydrogen) atoms. The van der Waals surface area contributed by atoms with Gasteiger partial charge in [0.1, 0.15) is 23.0 Å². The van der Waals surface area contributed by atoms with E-state index in [1.165, 1.54) is 5.56 Å². The number of hydrogen-bond donors (Lipinski definition) is 0. The minimum Gasteiger partial charge on any atom is -0.336 e. The third-order valence-electron chi connectivity index (χ3n) is 2.92. The second-order valence-electron chi connectivity index (χ2n) is 4.16. The number of halogens is 1. The molecule has 0 unspecified atom stereocenters. The first-order valence-electron chi connectivity index (χ1n) is 5.60. The fourth-order valence-electron chi connectivity index (χ4n) is 1.84. The molecule has 1 heterocycles. The Hall–Kier alpha value is -0.660. The van der Waals surface area contributed by atoms with E-state index in [-0.39, 0.29) is 5.91 Å². The van der Waals surface area contributed by atoms with Crippen LogP contribution >= 0.6 is 23.0 Å². The van der Waals surface area contributed by atoms with Crippen LogP contribution in [0.1, 0.15) is 15.9 Å². The number of benzene rings is 1. The Morgan fingerprint density at radius 1 is 1.18 bits per heavy atom. The van der Waals surface area contributed by atoms with Crippen LogP contribution in [0.5, 0.6) is 0 Å². The molecule has 92 valence electrons. The van der Waals surface area contributed by atoms with Crippen LogP contribution in [-0.4, -0.2) is 42.0 Å². The standard InChI is InChI=1S/C12H15IN2O2/c1-10-2-4-11(5-3-10)12(16)14-6-8-15(17-13)9-7-14/h2-5H,6-9H2,1H3. The van der Waals surface area contributed by atoms with Crippen LogP contribution in [0, 0.1) is 6.92 Å². The van der Waals surface area contributed by atoms with Crippen LogP contribution in [0.2, 0.25) is 0 Å². The molecule has 1 fully saturated rings. The molecule has 1 aliphatic rings. The molecule has 0 aromatic heterocycles. The highest BCUT2D eigenvalue weighted by Crippen LogP contribution is 2.11. The first kappa shape index (κ1) is 12.8. The van der Waals surface area contributed by atoms with Gasteiger partial charge in [0, 0.05) is 31.7 Å². The van der Waals surface area contributed by atoms with Crippen LogP contribution < -0.4 is 0 Å². The van der Waals surface area contributed by atoms with Gasteiger partial charge in [-0.05, 0) is 19.1 Å². The molecule has 2 rings (SSSR count). The summed E-state index contributed by atoms with van der Waals surface area (Å²) in [5.74, 6) is 0.109. The van der Waals surface area contributed by atoms with Crippen molar-refractivity contribution in [3.63, 3.8) is 0 Å². The van der Waals surface area contributed by atoms with Gasteiger partial charge in [0.2, 0.25) is 0 Å². The van der Waals surface area contributed by atoms with Gasteiger partial charge in [0.05, 0.1) is 0 Å². The zero-order valence-corrected chi connectivity index (χ0v) is 11.9. The summed E-state index contributed by atoms with van der Waals surface area (Å²) in [6, 6.07) is 7.71. The van der Waals surface area contributed by atoms with E-state index >= 15 is 0 Å². The first-order valence-corrected chi connectivity index (χ1v) is 6.48. The molecule has 0 atom stereocenters. The Kier molecular flexibility index (Phi) is 4.36. The number of hydroxylamine groups is 2. The van der Waals surface area contributed by atoms with Gasteiger partial charge < -0.3 is 4.90 Å². The summed E-state index contributed by atoms with van der Waals surface area (Å²) in [6.07, 6.45) is 0. The molecular weight excluding hydrogens is 331 g/mol. The van der Waals surface area contributed by atoms with Gasteiger partial charge in [-0.15, -0.1) is 0 Å². The lowest BCUT2D eigenvalue weighted by molar-refractivity contribution is -0.0439. The summed E-state index contributed by atoms with van der Waals surface area (Å²) in [7, 11) is 0. The number of nitrogens with zero attached hydrogens (tertiary/aromatic N) is 2. The lowest BCUT2D eigenvalue weighted by Gasteiger charge is -2.32. The van der Waals surface area contributed by atoms with E-state index < -0.39 is 0 Å². The van der Waals surface area contributed by atoms with E-state index in [1.54, 1.807) is 0 Å². The fraction of sp³-hybridized carbons (Fsp3) is 0.417. The average molecular weight is 346 g/mol. The van der Waals surface area contributed by atoms with Gasteiger partial charge in [0.25, 0.3) is 5.91 Å². The minimum atomic E-state index is 0.109. The van der Waals surface area contributed by atoms with Gasteiger partial charge in [-0.1, -0.05) is 17.7 Å². The molecule has 1 aromatic carbocycles. The van der Waals surface area contributed by atoms with Crippen LogP contribution in [0.25, 0.3) is 0 Å². The molecule has 0 aliphatic carbocycles. The van der Waals surface area contributed by atoms with Crippen molar-refractivity contribution < 1.29 is 7.96 Å². The van der Waals surface area contributed by atoms with E-state index in [0.29, 0.717) is 0 Å². The Balaban J connectivity index is 1.99. The number of amides is 1. The predicted octanol–water partition coefficient (Wildman–Crippen LogP) is 2.03. The fourth-order valence-corrected chi connectivity index (χ4v) is 2.23. The Morgan fingerprint density at radius 3 is 2.29 bits per heavy atom. The maximum atomic E-state index is 12.2. The third-order valence-corrected chi connectivity index (χ3v) is 3.48. The summed E-state index contributed by atoms with van der Waals surface area (Å²) < 4.78 is 5.11. The van der Waals surface area contributed by atoms with Crippen molar-refractivity contribution in [3.8, 4) is 0 Å². The second kappa shape index (κ2) is 5.79. The average Bonchev–Trinajstić information content (AvgIpc) is 2.39. The van der Waals surface area contributed by atoms with Gasteiger partial charge in [0.15, 0.2) is 0 Å². The van der Waals surface area contributed by atoms with Crippen LogP contribution in [-0.2, 0) is 3.17 Å². The molecule has 1 saturated heterocycles. The normalized spacial score (nSPS) is 17.2. The van der Waals surface area contributed by atoms with Crippen LogP contribution in [0.4, 0.5) is 0 Å². The predicted molar refractivity (Wildman–Crippen MR) is 73.8 cm³/mol. The highest BCUT2D eigenvalue weighted by atomic mass is 127. The smallest absolute Gasteiger partial charge is 0.253 e. The molecule has 0 bridgehead atoms. The monoisotopic (exact) mass is 346 g/mol. The molecular formula is C12H15IN2O2. The quantitative estimate of drug-likeness (QED) is 0.769. The number of aryl methyl sites for hydroxylation is 1. The van der Waals surface area contributed by atoms with Crippen molar-refractivity contribution in [2.75, 3.05) is 26.2 Å². The number of hydrogen-bond acceptors (Lipinski definition) is 3. The number of rotatable bonds is 2. The van der Waals surface area contributed by atoms with Gasteiger partial charge in [-0.3, -0.25) is 4.79 Å². The highest BCUT2D eigenvalue weighted by molar-refractivity contribution is 14.1. The van der Waals surface area contributed by atoms with E-state index in [0.717, 1.165) is 31.7 Å². The summed E-state index contributed by atoms with van der Waals surface area (Å²) in [4.78, 5) is 14.0. The SMILES string of the molecule is Cc1ccc(C(=O)N2CCN(OI)CC2)cc1. The zero-order chi connectivity index (χ0) is 12.3. The molecule has 5 heteroatoms. The van der Waals surface area contributed by atoms with Crippen LogP contribution in [0.3, 0.4) is 0 Å². The van der Waals surface area contributed by atoms with Crippen molar-refractivity contribution in [3.05, 3.63) is 35.4 Å². The summed E-state index contributed by atoms with van der Waals surface area (Å²) in [5, 5.41) is 1.86. The molecule has 1 amide bonds. The Bertz CT molecular complexity index is 386. The van der Waals surface area contributed by atoms with Crippen molar-refractivity contribution in [2.24, 2.45) is 0 Å². The molecule has 0 N–H and O–H groups in total. The Labute approximate surface area is 115 Å². The summed E-state index contributed by atoms with van der Waals surface area (Å²) in [6.45, 7) is 4.98. The van der Waals surface area contributed by atoms with Gasteiger partial charge >= 0.3 is 0 Å². The van der Waals surface area contributed by atoms with E-state index in [9.17, 15) is 4.79 Å². The molecule has 0 saturated carbocycles. The third kappa shape index (κ3) is 3.17. The molecule has 1 aliphatic heterocycles. The van der Waals surface area contributed by atoms with E-state index in [2.05, 4.69) is 0 Å². The maximum Gasteiger partial charge on any atom is 0.253 e. The molecule has 1 aromatic rings. The minimum absolute atomic E-state index is 0.109. The van der Waals surface area contributed by atoms with Crippen LogP contribution in [0.15, 0.2) is 24.3 Å². The summed E-state index contributed by atoms with van der Waals surface area (Å²) >= 11 is 1.87. The van der Waals surface area contributed by atoms with Gasteiger partial charge in [-0.25, -0.2) is 3.17 Å². The van der Waals surface area contributed by atoms with Crippen molar-refractivity contribution in [1.82, 2.24) is 9.96 Å². The van der Waals surface area contributed by atoms with Crippen molar-refractivity contribution >= 4 is 28.9 Å². The molecule has 4 nitrogen and oxygen atoms in total.